The minimum atomic E-state index is 0.922. The van der Waals surface area contributed by atoms with Crippen molar-refractivity contribution in [3.63, 3.8) is 0 Å². The van der Waals surface area contributed by atoms with Gasteiger partial charge in [0.05, 0.1) is 0 Å². The van der Waals surface area contributed by atoms with Gasteiger partial charge in [-0.15, -0.1) is 10.2 Å². The van der Waals surface area contributed by atoms with Crippen molar-refractivity contribution in [1.29, 1.82) is 0 Å². The number of aryl methyl sites for hydroxylation is 2. The summed E-state index contributed by atoms with van der Waals surface area (Å²) in [4.78, 5) is 0. The molecular formula is C11H13N3. The summed E-state index contributed by atoms with van der Waals surface area (Å²) in [5.74, 6) is 0.922. The summed E-state index contributed by atoms with van der Waals surface area (Å²) in [7, 11) is 1.96. The van der Waals surface area contributed by atoms with E-state index in [1.807, 2.05) is 17.7 Å². The standard InChI is InChI=1S/C11H13N3/c1-8-5-4-6-10(9(8)2)11-13-12-7-14(11)3/h4-7H,1-3H3. The van der Waals surface area contributed by atoms with Gasteiger partial charge in [0, 0.05) is 12.6 Å². The Hall–Kier alpha value is -1.64. The molecule has 0 bridgehead atoms. The second-order valence-electron chi connectivity index (χ2n) is 3.51. The van der Waals surface area contributed by atoms with Gasteiger partial charge in [0.25, 0.3) is 0 Å². The van der Waals surface area contributed by atoms with Gasteiger partial charge in [0.2, 0.25) is 0 Å². The minimum absolute atomic E-state index is 0.922. The van der Waals surface area contributed by atoms with E-state index < -0.39 is 0 Å². The molecule has 0 saturated heterocycles. The molecule has 72 valence electrons. The highest BCUT2D eigenvalue weighted by atomic mass is 15.2. The highest BCUT2D eigenvalue weighted by molar-refractivity contribution is 5.61. The van der Waals surface area contributed by atoms with Crippen LogP contribution < -0.4 is 0 Å². The van der Waals surface area contributed by atoms with E-state index in [1.54, 1.807) is 6.33 Å². The molecule has 0 atom stereocenters. The molecule has 1 aromatic carbocycles. The maximum absolute atomic E-state index is 4.10. The molecule has 0 aliphatic rings. The maximum atomic E-state index is 4.10. The molecular weight excluding hydrogens is 174 g/mol. The molecule has 0 unspecified atom stereocenters. The van der Waals surface area contributed by atoms with Crippen LogP contribution in [0, 0.1) is 13.8 Å². The molecule has 3 nitrogen and oxygen atoms in total. The first-order valence-corrected chi connectivity index (χ1v) is 4.60. The zero-order valence-electron chi connectivity index (χ0n) is 8.65. The predicted molar refractivity (Wildman–Crippen MR) is 55.9 cm³/mol. The summed E-state index contributed by atoms with van der Waals surface area (Å²) in [5, 5.41) is 7.98. The van der Waals surface area contributed by atoms with Crippen LogP contribution in [0.5, 0.6) is 0 Å². The van der Waals surface area contributed by atoms with Crippen LogP contribution in [0.15, 0.2) is 24.5 Å². The van der Waals surface area contributed by atoms with Crippen LogP contribution >= 0.6 is 0 Å². The van der Waals surface area contributed by atoms with Crippen LogP contribution in [0.1, 0.15) is 11.1 Å². The fourth-order valence-corrected chi connectivity index (χ4v) is 1.52. The van der Waals surface area contributed by atoms with E-state index in [0.717, 1.165) is 11.4 Å². The van der Waals surface area contributed by atoms with Gasteiger partial charge in [0.1, 0.15) is 6.33 Å². The molecule has 0 N–H and O–H groups in total. The summed E-state index contributed by atoms with van der Waals surface area (Å²) in [5.41, 5.74) is 3.71. The van der Waals surface area contributed by atoms with E-state index in [4.69, 9.17) is 0 Å². The monoisotopic (exact) mass is 187 g/mol. The molecule has 0 saturated carbocycles. The van der Waals surface area contributed by atoms with Crippen molar-refractivity contribution in [3.8, 4) is 11.4 Å². The van der Waals surface area contributed by atoms with Gasteiger partial charge < -0.3 is 4.57 Å². The van der Waals surface area contributed by atoms with Crippen LogP contribution in [0.4, 0.5) is 0 Å². The van der Waals surface area contributed by atoms with Crippen molar-refractivity contribution in [2.24, 2.45) is 7.05 Å². The van der Waals surface area contributed by atoms with E-state index >= 15 is 0 Å². The second-order valence-corrected chi connectivity index (χ2v) is 3.51. The van der Waals surface area contributed by atoms with Crippen LogP contribution in [-0.2, 0) is 7.05 Å². The quantitative estimate of drug-likeness (QED) is 0.684. The van der Waals surface area contributed by atoms with Gasteiger partial charge in [-0.1, -0.05) is 18.2 Å². The lowest BCUT2D eigenvalue weighted by atomic mass is 10.0. The molecule has 3 heteroatoms. The molecule has 0 spiro atoms. The van der Waals surface area contributed by atoms with Crippen LogP contribution in [0.2, 0.25) is 0 Å². The zero-order valence-corrected chi connectivity index (χ0v) is 8.65. The number of hydrogen-bond acceptors (Lipinski definition) is 2. The Balaban J connectivity index is 2.63. The van der Waals surface area contributed by atoms with E-state index in [2.05, 4.69) is 36.2 Å². The first-order chi connectivity index (χ1) is 6.70. The fourth-order valence-electron chi connectivity index (χ4n) is 1.52. The highest BCUT2D eigenvalue weighted by Gasteiger charge is 2.07. The molecule has 0 radical (unpaired) electrons. The molecule has 0 aliphatic carbocycles. The maximum Gasteiger partial charge on any atom is 0.163 e. The van der Waals surface area contributed by atoms with Crippen molar-refractivity contribution in [2.45, 2.75) is 13.8 Å². The Labute approximate surface area is 83.4 Å². The Morgan fingerprint density at radius 3 is 2.64 bits per heavy atom. The Bertz CT molecular complexity index is 457. The number of rotatable bonds is 1. The van der Waals surface area contributed by atoms with Gasteiger partial charge in [-0.3, -0.25) is 0 Å². The third-order valence-corrected chi connectivity index (χ3v) is 2.56. The lowest BCUT2D eigenvalue weighted by Gasteiger charge is -2.06. The molecule has 1 aromatic heterocycles. The predicted octanol–water partition coefficient (Wildman–Crippen LogP) is 2.10. The third-order valence-electron chi connectivity index (χ3n) is 2.56. The summed E-state index contributed by atoms with van der Waals surface area (Å²) < 4.78 is 1.93. The normalized spacial score (nSPS) is 10.5. The first kappa shape index (κ1) is 8.94. The smallest absolute Gasteiger partial charge is 0.163 e. The van der Waals surface area contributed by atoms with Crippen molar-refractivity contribution in [2.75, 3.05) is 0 Å². The van der Waals surface area contributed by atoms with Gasteiger partial charge in [-0.25, -0.2) is 0 Å². The SMILES string of the molecule is Cc1cccc(-c2nncn2C)c1C. The first-order valence-electron chi connectivity index (χ1n) is 4.60. The van der Waals surface area contributed by atoms with E-state index in [0.29, 0.717) is 0 Å². The third kappa shape index (κ3) is 1.31. The lowest BCUT2D eigenvalue weighted by molar-refractivity contribution is 0.918. The van der Waals surface area contributed by atoms with Crippen LogP contribution in [-0.4, -0.2) is 14.8 Å². The second kappa shape index (κ2) is 3.25. The minimum Gasteiger partial charge on any atom is -0.317 e. The Morgan fingerprint density at radius 1 is 1.21 bits per heavy atom. The van der Waals surface area contributed by atoms with Gasteiger partial charge in [-0.05, 0) is 25.0 Å². The number of benzene rings is 1. The average Bonchev–Trinajstić information content (AvgIpc) is 2.57. The molecule has 2 aromatic rings. The lowest BCUT2D eigenvalue weighted by Crippen LogP contribution is -1.94. The van der Waals surface area contributed by atoms with E-state index in [9.17, 15) is 0 Å². The van der Waals surface area contributed by atoms with Gasteiger partial charge >= 0.3 is 0 Å². The van der Waals surface area contributed by atoms with Gasteiger partial charge in [0.15, 0.2) is 5.82 Å². The average molecular weight is 187 g/mol. The van der Waals surface area contributed by atoms with Crippen molar-refractivity contribution in [1.82, 2.24) is 14.8 Å². The largest absolute Gasteiger partial charge is 0.317 e. The van der Waals surface area contributed by atoms with Crippen LogP contribution in [0.25, 0.3) is 11.4 Å². The summed E-state index contributed by atoms with van der Waals surface area (Å²) >= 11 is 0. The molecule has 0 amide bonds. The molecule has 0 aliphatic heterocycles. The Kier molecular flexibility index (Phi) is 2.08. The van der Waals surface area contributed by atoms with E-state index in [1.165, 1.54) is 11.1 Å². The Morgan fingerprint density at radius 2 is 2.00 bits per heavy atom. The number of nitrogens with zero attached hydrogens (tertiary/aromatic N) is 3. The number of hydrogen-bond donors (Lipinski definition) is 0. The summed E-state index contributed by atoms with van der Waals surface area (Å²) in [6.07, 6.45) is 1.72. The highest BCUT2D eigenvalue weighted by Crippen LogP contribution is 2.22. The number of aromatic nitrogens is 3. The molecule has 2 rings (SSSR count). The zero-order chi connectivity index (χ0) is 10.1. The summed E-state index contributed by atoms with van der Waals surface area (Å²) in [6.45, 7) is 4.22. The molecule has 14 heavy (non-hydrogen) atoms. The van der Waals surface area contributed by atoms with Crippen molar-refractivity contribution >= 4 is 0 Å². The van der Waals surface area contributed by atoms with E-state index in [-0.39, 0.29) is 0 Å². The van der Waals surface area contributed by atoms with Crippen molar-refractivity contribution < 1.29 is 0 Å². The molecule has 1 heterocycles. The van der Waals surface area contributed by atoms with Crippen LogP contribution in [0.3, 0.4) is 0 Å². The van der Waals surface area contributed by atoms with Gasteiger partial charge in [-0.2, -0.15) is 0 Å². The topological polar surface area (TPSA) is 30.7 Å². The molecule has 0 fully saturated rings. The summed E-state index contributed by atoms with van der Waals surface area (Å²) in [6, 6.07) is 6.23. The fraction of sp³-hybridized carbons (Fsp3) is 0.273. The van der Waals surface area contributed by atoms with Crippen molar-refractivity contribution in [3.05, 3.63) is 35.7 Å².